The SMILES string of the molecule is CC(C)(C)OC(=O)N1CCCC(Oc2ccccc2[N+](=O)[O-])C1. The van der Waals surface area contributed by atoms with Gasteiger partial charge in [-0.2, -0.15) is 0 Å². The van der Waals surface area contributed by atoms with Gasteiger partial charge in [0.25, 0.3) is 0 Å². The van der Waals surface area contributed by atoms with Crippen LogP contribution in [-0.2, 0) is 4.74 Å². The van der Waals surface area contributed by atoms with Crippen molar-refractivity contribution in [2.45, 2.75) is 45.3 Å². The molecule has 0 spiro atoms. The van der Waals surface area contributed by atoms with Crippen LogP contribution in [0.2, 0.25) is 0 Å². The molecule has 2 rings (SSSR count). The highest BCUT2D eigenvalue weighted by Crippen LogP contribution is 2.28. The molecule has 0 radical (unpaired) electrons. The maximum absolute atomic E-state index is 12.1. The van der Waals surface area contributed by atoms with Crippen LogP contribution in [0.25, 0.3) is 0 Å². The van der Waals surface area contributed by atoms with Crippen LogP contribution in [-0.4, -0.2) is 40.7 Å². The number of carbonyl (C=O) groups excluding carboxylic acids is 1. The second-order valence-corrected chi connectivity index (χ2v) is 6.53. The topological polar surface area (TPSA) is 81.9 Å². The first kappa shape index (κ1) is 17.1. The molecule has 0 N–H and O–H groups in total. The van der Waals surface area contributed by atoms with Crippen molar-refractivity contribution in [1.29, 1.82) is 0 Å². The average Bonchev–Trinajstić information content (AvgIpc) is 2.46. The maximum Gasteiger partial charge on any atom is 0.410 e. The normalized spacial score (nSPS) is 18.4. The Morgan fingerprint density at radius 1 is 1.35 bits per heavy atom. The van der Waals surface area contributed by atoms with E-state index in [-0.39, 0.29) is 23.6 Å². The fourth-order valence-corrected chi connectivity index (χ4v) is 2.41. The van der Waals surface area contributed by atoms with Crippen LogP contribution < -0.4 is 4.74 Å². The fourth-order valence-electron chi connectivity index (χ4n) is 2.41. The Kier molecular flexibility index (Phi) is 5.08. The third kappa shape index (κ3) is 4.84. The lowest BCUT2D eigenvalue weighted by molar-refractivity contribution is -0.386. The number of nitrogens with zero attached hydrogens (tertiary/aromatic N) is 2. The third-order valence-corrected chi connectivity index (χ3v) is 3.39. The number of amides is 1. The van der Waals surface area contributed by atoms with E-state index in [1.165, 1.54) is 6.07 Å². The lowest BCUT2D eigenvalue weighted by atomic mass is 10.1. The summed E-state index contributed by atoms with van der Waals surface area (Å²) in [7, 11) is 0. The molecule has 1 saturated heterocycles. The maximum atomic E-state index is 12.1. The Balaban J connectivity index is 2.02. The van der Waals surface area contributed by atoms with E-state index in [1.807, 2.05) is 20.8 Å². The Bertz CT molecular complexity index is 582. The van der Waals surface area contributed by atoms with Crippen molar-refractivity contribution >= 4 is 11.8 Å². The van der Waals surface area contributed by atoms with Crippen molar-refractivity contribution in [3.05, 3.63) is 34.4 Å². The van der Waals surface area contributed by atoms with Crippen molar-refractivity contribution in [2.75, 3.05) is 13.1 Å². The van der Waals surface area contributed by atoms with Gasteiger partial charge in [0.2, 0.25) is 0 Å². The molecule has 0 saturated carbocycles. The minimum Gasteiger partial charge on any atom is -0.482 e. The summed E-state index contributed by atoms with van der Waals surface area (Å²) in [5.74, 6) is 0.230. The fraction of sp³-hybridized carbons (Fsp3) is 0.562. The number of carbonyl (C=O) groups is 1. The predicted molar refractivity (Wildman–Crippen MR) is 84.6 cm³/mol. The number of benzene rings is 1. The van der Waals surface area contributed by atoms with Crippen LogP contribution in [0, 0.1) is 10.1 Å². The Hall–Kier alpha value is -2.31. The molecule has 0 aliphatic carbocycles. The van der Waals surface area contributed by atoms with Gasteiger partial charge in [-0.25, -0.2) is 4.79 Å². The zero-order valence-corrected chi connectivity index (χ0v) is 13.7. The van der Waals surface area contributed by atoms with Crippen LogP contribution in [0.15, 0.2) is 24.3 Å². The highest BCUT2D eigenvalue weighted by atomic mass is 16.6. The summed E-state index contributed by atoms with van der Waals surface area (Å²) < 4.78 is 11.1. The minimum absolute atomic E-state index is 0.0677. The van der Waals surface area contributed by atoms with E-state index in [9.17, 15) is 14.9 Å². The molecule has 1 aromatic rings. The number of para-hydroxylation sites is 2. The van der Waals surface area contributed by atoms with Gasteiger partial charge in [0, 0.05) is 12.6 Å². The second kappa shape index (κ2) is 6.85. The summed E-state index contributed by atoms with van der Waals surface area (Å²) in [6.07, 6.45) is 0.848. The molecular formula is C16H22N2O5. The minimum atomic E-state index is -0.552. The summed E-state index contributed by atoms with van der Waals surface area (Å²) in [5, 5.41) is 11.0. The van der Waals surface area contributed by atoms with Gasteiger partial charge in [-0.15, -0.1) is 0 Å². The quantitative estimate of drug-likeness (QED) is 0.629. The smallest absolute Gasteiger partial charge is 0.410 e. The molecule has 23 heavy (non-hydrogen) atoms. The van der Waals surface area contributed by atoms with Crippen molar-refractivity contribution in [3.63, 3.8) is 0 Å². The monoisotopic (exact) mass is 322 g/mol. The summed E-state index contributed by atoms with van der Waals surface area (Å²) in [6.45, 7) is 6.41. The standard InChI is InChI=1S/C16H22N2O5/c1-16(2,3)23-15(19)17-10-6-7-12(11-17)22-14-9-5-4-8-13(14)18(20)21/h4-5,8-9,12H,6-7,10-11H2,1-3H3. The zero-order chi connectivity index (χ0) is 17.0. The van der Waals surface area contributed by atoms with Gasteiger partial charge in [-0.3, -0.25) is 10.1 Å². The van der Waals surface area contributed by atoms with E-state index >= 15 is 0 Å². The lowest BCUT2D eigenvalue weighted by Crippen LogP contribution is -2.46. The number of hydrogen-bond donors (Lipinski definition) is 0. The molecule has 1 amide bonds. The summed E-state index contributed by atoms with van der Waals surface area (Å²) in [6, 6.07) is 6.27. The van der Waals surface area contributed by atoms with E-state index < -0.39 is 10.5 Å². The van der Waals surface area contributed by atoms with Gasteiger partial charge < -0.3 is 14.4 Å². The highest BCUT2D eigenvalue weighted by molar-refractivity contribution is 5.68. The molecule has 1 aliphatic rings. The Morgan fingerprint density at radius 3 is 2.70 bits per heavy atom. The summed E-state index contributed by atoms with van der Waals surface area (Å²) in [4.78, 5) is 24.3. The molecule has 1 atom stereocenters. The first-order valence-electron chi connectivity index (χ1n) is 7.64. The van der Waals surface area contributed by atoms with E-state index in [0.717, 1.165) is 12.8 Å². The third-order valence-electron chi connectivity index (χ3n) is 3.39. The van der Waals surface area contributed by atoms with Gasteiger partial charge in [0.05, 0.1) is 11.5 Å². The molecule has 1 fully saturated rings. The van der Waals surface area contributed by atoms with E-state index in [0.29, 0.717) is 13.1 Å². The van der Waals surface area contributed by atoms with E-state index in [4.69, 9.17) is 9.47 Å². The largest absolute Gasteiger partial charge is 0.482 e. The van der Waals surface area contributed by atoms with Gasteiger partial charge in [0.1, 0.15) is 11.7 Å². The van der Waals surface area contributed by atoms with Gasteiger partial charge in [-0.05, 0) is 39.7 Å². The molecule has 1 heterocycles. The van der Waals surface area contributed by atoms with Crippen LogP contribution in [0.3, 0.4) is 0 Å². The highest BCUT2D eigenvalue weighted by Gasteiger charge is 2.29. The molecule has 1 aliphatic heterocycles. The summed E-state index contributed by atoms with van der Waals surface area (Å²) >= 11 is 0. The van der Waals surface area contributed by atoms with E-state index in [2.05, 4.69) is 0 Å². The number of likely N-dealkylation sites (tertiary alicyclic amines) is 1. The van der Waals surface area contributed by atoms with Crippen LogP contribution in [0.1, 0.15) is 33.6 Å². The van der Waals surface area contributed by atoms with Crippen LogP contribution in [0.4, 0.5) is 10.5 Å². The number of hydrogen-bond acceptors (Lipinski definition) is 5. The number of rotatable bonds is 3. The van der Waals surface area contributed by atoms with Crippen molar-refractivity contribution in [3.8, 4) is 5.75 Å². The van der Waals surface area contributed by atoms with Crippen molar-refractivity contribution < 1.29 is 19.2 Å². The lowest BCUT2D eigenvalue weighted by Gasteiger charge is -2.34. The van der Waals surface area contributed by atoms with Crippen molar-refractivity contribution in [2.24, 2.45) is 0 Å². The number of piperidine rings is 1. The van der Waals surface area contributed by atoms with Gasteiger partial charge >= 0.3 is 11.8 Å². The molecule has 1 unspecified atom stereocenters. The summed E-state index contributed by atoms with van der Waals surface area (Å²) in [5.41, 5.74) is -0.620. The molecule has 0 bridgehead atoms. The molecule has 0 aromatic heterocycles. The molecule has 1 aromatic carbocycles. The number of nitro groups is 1. The molecular weight excluding hydrogens is 300 g/mol. The number of ether oxygens (including phenoxy) is 2. The molecule has 7 nitrogen and oxygen atoms in total. The zero-order valence-electron chi connectivity index (χ0n) is 13.7. The second-order valence-electron chi connectivity index (χ2n) is 6.53. The predicted octanol–water partition coefficient (Wildman–Crippen LogP) is 3.37. The number of nitro benzene ring substituents is 1. The molecule has 7 heteroatoms. The Morgan fingerprint density at radius 2 is 2.04 bits per heavy atom. The van der Waals surface area contributed by atoms with Gasteiger partial charge in [-0.1, -0.05) is 12.1 Å². The van der Waals surface area contributed by atoms with E-state index in [1.54, 1.807) is 23.1 Å². The molecule has 126 valence electrons. The van der Waals surface area contributed by atoms with Crippen LogP contribution >= 0.6 is 0 Å². The Labute approximate surface area is 135 Å². The van der Waals surface area contributed by atoms with Gasteiger partial charge in [0.15, 0.2) is 5.75 Å². The van der Waals surface area contributed by atoms with Crippen molar-refractivity contribution in [1.82, 2.24) is 4.90 Å². The van der Waals surface area contributed by atoms with Crippen LogP contribution in [0.5, 0.6) is 5.75 Å². The first-order chi connectivity index (χ1) is 10.8. The average molecular weight is 322 g/mol. The first-order valence-corrected chi connectivity index (χ1v) is 7.64.